The Hall–Kier alpha value is 0.310. The van der Waals surface area contributed by atoms with E-state index in [2.05, 4.69) is 37.8 Å². The van der Waals surface area contributed by atoms with Crippen molar-refractivity contribution in [2.75, 3.05) is 18.8 Å². The van der Waals surface area contributed by atoms with E-state index in [0.29, 0.717) is 4.75 Å². The minimum Gasteiger partial charge on any atom is -0.316 e. The van der Waals surface area contributed by atoms with E-state index >= 15 is 0 Å². The molecule has 0 aliphatic carbocycles. The molecule has 1 saturated heterocycles. The highest BCUT2D eigenvalue weighted by molar-refractivity contribution is 8.00. The van der Waals surface area contributed by atoms with Crippen LogP contribution in [0.5, 0.6) is 0 Å². The monoisotopic (exact) mass is 159 g/mol. The highest BCUT2D eigenvalue weighted by Crippen LogP contribution is 2.26. The van der Waals surface area contributed by atoms with Crippen LogP contribution in [0.15, 0.2) is 0 Å². The third kappa shape index (κ3) is 2.93. The van der Waals surface area contributed by atoms with Gasteiger partial charge in [-0.3, -0.25) is 0 Å². The molecule has 1 aliphatic rings. The zero-order valence-electron chi connectivity index (χ0n) is 7.11. The third-order valence-corrected chi connectivity index (χ3v) is 3.12. The minimum absolute atomic E-state index is 0.454. The van der Waals surface area contributed by atoms with Crippen molar-refractivity contribution in [1.82, 2.24) is 5.32 Å². The summed E-state index contributed by atoms with van der Waals surface area (Å²) in [6.07, 6.45) is 0. The van der Waals surface area contributed by atoms with Crippen molar-refractivity contribution in [1.29, 1.82) is 0 Å². The van der Waals surface area contributed by atoms with Crippen molar-refractivity contribution in [3.05, 3.63) is 0 Å². The van der Waals surface area contributed by atoms with Crippen LogP contribution in [0.3, 0.4) is 0 Å². The second kappa shape index (κ2) is 3.14. The molecule has 10 heavy (non-hydrogen) atoms. The average molecular weight is 159 g/mol. The fraction of sp³-hybridized carbons (Fsp3) is 1.00. The molecule has 1 fully saturated rings. The van der Waals surface area contributed by atoms with Gasteiger partial charge < -0.3 is 5.32 Å². The Morgan fingerprint density at radius 3 is 2.30 bits per heavy atom. The van der Waals surface area contributed by atoms with Gasteiger partial charge in [-0.15, -0.1) is 0 Å². The molecule has 1 N–H and O–H groups in total. The smallest absolute Gasteiger partial charge is 0.00752 e. The number of nitrogens with one attached hydrogen (secondary N) is 1. The summed E-state index contributed by atoms with van der Waals surface area (Å²) in [6, 6.07) is 0. The Kier molecular flexibility index (Phi) is 2.64. The molecule has 0 aromatic carbocycles. The number of rotatable bonds is 2. The van der Waals surface area contributed by atoms with Crippen LogP contribution in [-0.2, 0) is 0 Å². The van der Waals surface area contributed by atoms with Crippen LogP contribution in [-0.4, -0.2) is 23.6 Å². The maximum absolute atomic E-state index is 3.28. The first kappa shape index (κ1) is 8.41. The van der Waals surface area contributed by atoms with Gasteiger partial charge in [0, 0.05) is 4.75 Å². The number of thioether (sulfide) groups is 1. The van der Waals surface area contributed by atoms with Crippen LogP contribution in [0.25, 0.3) is 0 Å². The summed E-state index contributed by atoms with van der Waals surface area (Å²) in [7, 11) is 0. The summed E-state index contributed by atoms with van der Waals surface area (Å²) >= 11 is 2.08. The normalized spacial score (nSPS) is 20.7. The van der Waals surface area contributed by atoms with Gasteiger partial charge in [-0.25, -0.2) is 0 Å². The zero-order valence-corrected chi connectivity index (χ0v) is 7.92. The molecule has 60 valence electrons. The van der Waals surface area contributed by atoms with Gasteiger partial charge in [0.2, 0.25) is 0 Å². The molecule has 2 heteroatoms. The fourth-order valence-corrected chi connectivity index (χ4v) is 1.81. The maximum atomic E-state index is 3.28. The molecule has 0 bridgehead atoms. The molecule has 1 aliphatic heterocycles. The fourth-order valence-electron chi connectivity index (χ4n) is 0.834. The van der Waals surface area contributed by atoms with Gasteiger partial charge in [-0.1, -0.05) is 20.8 Å². The van der Waals surface area contributed by atoms with Crippen LogP contribution in [0.1, 0.15) is 20.8 Å². The summed E-state index contributed by atoms with van der Waals surface area (Å²) < 4.78 is 0.454. The Morgan fingerprint density at radius 2 is 2.00 bits per heavy atom. The third-order valence-electron chi connectivity index (χ3n) is 1.62. The van der Waals surface area contributed by atoms with Gasteiger partial charge in [0.05, 0.1) is 0 Å². The average Bonchev–Trinajstić information content (AvgIpc) is 1.56. The summed E-state index contributed by atoms with van der Waals surface area (Å²) in [6.45, 7) is 9.32. The SMILES string of the molecule is CC(C)(C)SCC1CNC1. The van der Waals surface area contributed by atoms with Crippen LogP contribution in [0.2, 0.25) is 0 Å². The predicted octanol–water partition coefficient (Wildman–Crippen LogP) is 1.74. The lowest BCUT2D eigenvalue weighted by atomic mass is 10.1. The van der Waals surface area contributed by atoms with Gasteiger partial charge in [0.1, 0.15) is 0 Å². The summed E-state index contributed by atoms with van der Waals surface area (Å²) in [5.41, 5.74) is 0. The molecule has 1 heterocycles. The van der Waals surface area contributed by atoms with Crippen LogP contribution in [0, 0.1) is 5.92 Å². The van der Waals surface area contributed by atoms with E-state index in [1.807, 2.05) is 0 Å². The van der Waals surface area contributed by atoms with E-state index in [1.165, 1.54) is 18.8 Å². The molecule has 0 radical (unpaired) electrons. The molecule has 0 amide bonds. The predicted molar refractivity (Wildman–Crippen MR) is 48.6 cm³/mol. The van der Waals surface area contributed by atoms with Gasteiger partial charge in [-0.2, -0.15) is 11.8 Å². The number of hydrogen-bond acceptors (Lipinski definition) is 2. The van der Waals surface area contributed by atoms with Crippen molar-refractivity contribution in [3.63, 3.8) is 0 Å². The lowest BCUT2D eigenvalue weighted by molar-refractivity contribution is 0.384. The zero-order chi connectivity index (χ0) is 7.61. The van der Waals surface area contributed by atoms with E-state index in [9.17, 15) is 0 Å². The second-order valence-corrected chi connectivity index (χ2v) is 5.79. The molecule has 0 unspecified atom stereocenters. The highest BCUT2D eigenvalue weighted by Gasteiger charge is 2.19. The Balaban J connectivity index is 2.04. The molecule has 1 nitrogen and oxygen atoms in total. The van der Waals surface area contributed by atoms with Crippen LogP contribution >= 0.6 is 11.8 Å². The Morgan fingerprint density at radius 1 is 1.40 bits per heavy atom. The summed E-state index contributed by atoms with van der Waals surface area (Å²) in [5, 5.41) is 3.28. The van der Waals surface area contributed by atoms with Crippen molar-refractivity contribution >= 4 is 11.8 Å². The lowest BCUT2D eigenvalue weighted by Crippen LogP contribution is -2.43. The van der Waals surface area contributed by atoms with E-state index < -0.39 is 0 Å². The van der Waals surface area contributed by atoms with Crippen molar-refractivity contribution in [3.8, 4) is 0 Å². The molecule has 0 saturated carbocycles. The van der Waals surface area contributed by atoms with E-state index in [1.54, 1.807) is 0 Å². The van der Waals surface area contributed by atoms with Gasteiger partial charge >= 0.3 is 0 Å². The molecular formula is C8H17NS. The van der Waals surface area contributed by atoms with E-state index in [0.717, 1.165) is 5.92 Å². The van der Waals surface area contributed by atoms with Crippen molar-refractivity contribution in [2.24, 2.45) is 5.92 Å². The number of hydrogen-bond donors (Lipinski definition) is 1. The Bertz CT molecular complexity index is 102. The van der Waals surface area contributed by atoms with Crippen molar-refractivity contribution in [2.45, 2.75) is 25.5 Å². The molecular weight excluding hydrogens is 142 g/mol. The second-order valence-electron chi connectivity index (χ2n) is 3.95. The Labute approximate surface area is 68.0 Å². The first-order chi connectivity index (χ1) is 4.58. The first-order valence-corrected chi connectivity index (χ1v) is 4.91. The highest BCUT2D eigenvalue weighted by atomic mass is 32.2. The largest absolute Gasteiger partial charge is 0.316 e. The maximum Gasteiger partial charge on any atom is 0.00752 e. The summed E-state index contributed by atoms with van der Waals surface area (Å²) in [4.78, 5) is 0. The topological polar surface area (TPSA) is 12.0 Å². The molecule has 1 rings (SSSR count). The molecule has 0 aromatic rings. The van der Waals surface area contributed by atoms with Crippen LogP contribution < -0.4 is 5.32 Å². The molecule has 0 spiro atoms. The lowest BCUT2D eigenvalue weighted by Gasteiger charge is -2.29. The standard InChI is InChI=1S/C8H17NS/c1-8(2,3)10-6-7-4-9-5-7/h7,9H,4-6H2,1-3H3. The van der Waals surface area contributed by atoms with Crippen molar-refractivity contribution < 1.29 is 0 Å². The van der Waals surface area contributed by atoms with E-state index in [4.69, 9.17) is 0 Å². The van der Waals surface area contributed by atoms with Gasteiger partial charge in [0.25, 0.3) is 0 Å². The minimum atomic E-state index is 0.454. The van der Waals surface area contributed by atoms with Crippen LogP contribution in [0.4, 0.5) is 0 Å². The molecule has 0 aromatic heterocycles. The molecule has 0 atom stereocenters. The van der Waals surface area contributed by atoms with Gasteiger partial charge in [0.15, 0.2) is 0 Å². The van der Waals surface area contributed by atoms with Gasteiger partial charge in [-0.05, 0) is 24.8 Å². The quantitative estimate of drug-likeness (QED) is 0.658. The summed E-state index contributed by atoms with van der Waals surface area (Å²) in [5.74, 6) is 2.28. The first-order valence-electron chi connectivity index (χ1n) is 3.92. The van der Waals surface area contributed by atoms with E-state index in [-0.39, 0.29) is 0 Å².